The van der Waals surface area contributed by atoms with E-state index in [1.807, 2.05) is 0 Å². The smallest absolute Gasteiger partial charge is 0.0366 e. The Morgan fingerprint density at radius 1 is 1.14 bits per heavy atom. The van der Waals surface area contributed by atoms with E-state index >= 15 is 0 Å². The number of anilines is 1. The Morgan fingerprint density at radius 2 is 1.86 bits per heavy atom. The summed E-state index contributed by atoms with van der Waals surface area (Å²) < 4.78 is 0. The van der Waals surface area contributed by atoms with Gasteiger partial charge in [0.25, 0.3) is 0 Å². The number of likely N-dealkylation sites (tertiary alicyclic amines) is 1. The van der Waals surface area contributed by atoms with Gasteiger partial charge in [0.2, 0.25) is 0 Å². The molecule has 0 bridgehead atoms. The summed E-state index contributed by atoms with van der Waals surface area (Å²) in [7, 11) is 0. The van der Waals surface area contributed by atoms with Gasteiger partial charge in [-0.15, -0.1) is 0 Å². The van der Waals surface area contributed by atoms with E-state index in [9.17, 15) is 0 Å². The second kappa shape index (κ2) is 8.40. The molecule has 1 heterocycles. The van der Waals surface area contributed by atoms with Crippen LogP contribution < -0.4 is 10.2 Å². The average Bonchev–Trinajstić information content (AvgIpc) is 2.97. The lowest BCUT2D eigenvalue weighted by atomic mass is 10.1. The van der Waals surface area contributed by atoms with Crippen LogP contribution in [0.3, 0.4) is 0 Å². The predicted octanol–water partition coefficient (Wildman–Crippen LogP) is 3.11. The molecule has 3 nitrogen and oxygen atoms in total. The van der Waals surface area contributed by atoms with Crippen molar-refractivity contribution in [2.45, 2.75) is 46.2 Å². The van der Waals surface area contributed by atoms with Gasteiger partial charge in [-0.25, -0.2) is 0 Å². The van der Waals surface area contributed by atoms with Crippen molar-refractivity contribution in [3.63, 3.8) is 0 Å². The molecule has 0 aromatic heterocycles. The third-order valence-corrected chi connectivity index (χ3v) is 4.68. The summed E-state index contributed by atoms with van der Waals surface area (Å²) in [6.45, 7) is 13.4. The van der Waals surface area contributed by atoms with E-state index in [1.54, 1.807) is 0 Å². The highest BCUT2D eigenvalue weighted by molar-refractivity contribution is 5.47. The van der Waals surface area contributed by atoms with Crippen LogP contribution in [-0.2, 0) is 6.54 Å². The Labute approximate surface area is 130 Å². The van der Waals surface area contributed by atoms with Gasteiger partial charge in [0, 0.05) is 37.9 Å². The third kappa shape index (κ3) is 4.45. The fourth-order valence-electron chi connectivity index (χ4n) is 3.34. The van der Waals surface area contributed by atoms with Crippen LogP contribution >= 0.6 is 0 Å². The Balaban J connectivity index is 1.78. The van der Waals surface area contributed by atoms with Gasteiger partial charge in [0.05, 0.1) is 0 Å². The SMILES string of the molecule is CCN(CC)c1ccc(CNC[C@H]2CCCN2CC)cc1. The van der Waals surface area contributed by atoms with Gasteiger partial charge >= 0.3 is 0 Å². The number of benzene rings is 1. The summed E-state index contributed by atoms with van der Waals surface area (Å²) in [4.78, 5) is 4.98. The van der Waals surface area contributed by atoms with Crippen molar-refractivity contribution in [1.29, 1.82) is 0 Å². The molecule has 1 saturated heterocycles. The maximum absolute atomic E-state index is 3.63. The quantitative estimate of drug-likeness (QED) is 0.793. The van der Waals surface area contributed by atoms with Crippen LogP contribution in [0.5, 0.6) is 0 Å². The fourth-order valence-corrected chi connectivity index (χ4v) is 3.34. The maximum Gasteiger partial charge on any atom is 0.0366 e. The summed E-state index contributed by atoms with van der Waals surface area (Å²) >= 11 is 0. The zero-order chi connectivity index (χ0) is 15.1. The summed E-state index contributed by atoms with van der Waals surface area (Å²) in [5.74, 6) is 0. The lowest BCUT2D eigenvalue weighted by molar-refractivity contribution is 0.260. The number of rotatable bonds is 8. The standard InChI is InChI=1S/C18H31N3/c1-4-20(5-2)17-11-9-16(10-12-17)14-19-15-18-8-7-13-21(18)6-3/h9-12,18-19H,4-8,13-15H2,1-3H3/t18-/m1/s1. The van der Waals surface area contributed by atoms with Crippen molar-refractivity contribution in [3.8, 4) is 0 Å². The van der Waals surface area contributed by atoms with Crippen molar-refractivity contribution in [3.05, 3.63) is 29.8 Å². The van der Waals surface area contributed by atoms with Crippen molar-refractivity contribution >= 4 is 5.69 Å². The summed E-state index contributed by atoms with van der Waals surface area (Å²) in [5, 5.41) is 3.63. The van der Waals surface area contributed by atoms with Crippen LogP contribution in [0.2, 0.25) is 0 Å². The minimum Gasteiger partial charge on any atom is -0.372 e. The molecule has 1 N–H and O–H groups in total. The molecule has 1 fully saturated rings. The summed E-state index contributed by atoms with van der Waals surface area (Å²) in [5.41, 5.74) is 2.71. The Bertz CT molecular complexity index is 397. The molecule has 1 aliphatic rings. The molecule has 0 amide bonds. The van der Waals surface area contributed by atoms with Gasteiger partial charge in [0.15, 0.2) is 0 Å². The van der Waals surface area contributed by atoms with Crippen LogP contribution in [0.15, 0.2) is 24.3 Å². The minimum absolute atomic E-state index is 0.741. The van der Waals surface area contributed by atoms with Crippen LogP contribution in [0.1, 0.15) is 39.2 Å². The molecule has 0 spiro atoms. The van der Waals surface area contributed by atoms with Gasteiger partial charge in [-0.05, 0) is 57.5 Å². The summed E-state index contributed by atoms with van der Waals surface area (Å²) in [6.07, 6.45) is 2.71. The first-order valence-corrected chi connectivity index (χ1v) is 8.57. The first kappa shape index (κ1) is 16.3. The van der Waals surface area contributed by atoms with Crippen LogP contribution in [-0.4, -0.2) is 43.7 Å². The van der Waals surface area contributed by atoms with E-state index in [2.05, 4.69) is 60.2 Å². The van der Waals surface area contributed by atoms with Crippen LogP contribution in [0.4, 0.5) is 5.69 Å². The number of nitrogens with zero attached hydrogens (tertiary/aromatic N) is 2. The van der Waals surface area contributed by atoms with Crippen molar-refractivity contribution < 1.29 is 0 Å². The highest BCUT2D eigenvalue weighted by Crippen LogP contribution is 2.17. The number of likely N-dealkylation sites (N-methyl/N-ethyl adjacent to an activating group) is 1. The molecule has 1 aliphatic heterocycles. The van der Waals surface area contributed by atoms with E-state index in [0.29, 0.717) is 0 Å². The normalized spacial score (nSPS) is 19.1. The molecule has 1 aromatic carbocycles. The second-order valence-electron chi connectivity index (χ2n) is 5.89. The first-order valence-electron chi connectivity index (χ1n) is 8.57. The van der Waals surface area contributed by atoms with E-state index < -0.39 is 0 Å². The van der Waals surface area contributed by atoms with Crippen LogP contribution in [0.25, 0.3) is 0 Å². The van der Waals surface area contributed by atoms with E-state index in [0.717, 1.165) is 32.2 Å². The van der Waals surface area contributed by atoms with E-state index in [4.69, 9.17) is 0 Å². The molecule has 0 saturated carbocycles. The molecule has 3 heteroatoms. The van der Waals surface area contributed by atoms with Gasteiger partial charge < -0.3 is 10.2 Å². The van der Waals surface area contributed by atoms with Crippen molar-refractivity contribution in [2.24, 2.45) is 0 Å². The number of hydrogen-bond acceptors (Lipinski definition) is 3. The third-order valence-electron chi connectivity index (χ3n) is 4.68. The molecule has 0 aliphatic carbocycles. The van der Waals surface area contributed by atoms with Gasteiger partial charge in [-0.2, -0.15) is 0 Å². The largest absolute Gasteiger partial charge is 0.372 e. The topological polar surface area (TPSA) is 18.5 Å². The molecule has 118 valence electrons. The molecule has 1 aromatic rings. The monoisotopic (exact) mass is 289 g/mol. The molecular weight excluding hydrogens is 258 g/mol. The van der Waals surface area contributed by atoms with E-state index in [-0.39, 0.29) is 0 Å². The lowest BCUT2D eigenvalue weighted by Gasteiger charge is -2.23. The average molecular weight is 289 g/mol. The zero-order valence-electron chi connectivity index (χ0n) is 13.9. The maximum atomic E-state index is 3.63. The highest BCUT2D eigenvalue weighted by Gasteiger charge is 2.21. The van der Waals surface area contributed by atoms with Gasteiger partial charge in [0.1, 0.15) is 0 Å². The molecular formula is C18H31N3. The Morgan fingerprint density at radius 3 is 2.48 bits per heavy atom. The molecule has 2 rings (SSSR count). The Hall–Kier alpha value is -1.06. The Kier molecular flexibility index (Phi) is 6.52. The van der Waals surface area contributed by atoms with Gasteiger partial charge in [-0.3, -0.25) is 4.90 Å². The molecule has 21 heavy (non-hydrogen) atoms. The lowest BCUT2D eigenvalue weighted by Crippen LogP contribution is -2.37. The fraction of sp³-hybridized carbons (Fsp3) is 0.667. The number of nitrogens with one attached hydrogen (secondary N) is 1. The molecule has 1 atom stereocenters. The molecule has 0 radical (unpaired) electrons. The zero-order valence-corrected chi connectivity index (χ0v) is 13.9. The minimum atomic E-state index is 0.741. The second-order valence-corrected chi connectivity index (χ2v) is 5.89. The van der Waals surface area contributed by atoms with E-state index in [1.165, 1.54) is 37.2 Å². The highest BCUT2D eigenvalue weighted by atomic mass is 15.2. The number of hydrogen-bond donors (Lipinski definition) is 1. The van der Waals surface area contributed by atoms with Crippen molar-refractivity contribution in [1.82, 2.24) is 10.2 Å². The van der Waals surface area contributed by atoms with Crippen LogP contribution in [0, 0.1) is 0 Å². The first-order chi connectivity index (χ1) is 10.3. The van der Waals surface area contributed by atoms with Gasteiger partial charge in [-0.1, -0.05) is 19.1 Å². The molecule has 0 unspecified atom stereocenters. The predicted molar refractivity (Wildman–Crippen MR) is 92.0 cm³/mol. The summed E-state index contributed by atoms with van der Waals surface area (Å²) in [6, 6.07) is 9.75. The van der Waals surface area contributed by atoms with Crippen molar-refractivity contribution in [2.75, 3.05) is 37.6 Å².